The van der Waals surface area contributed by atoms with Crippen LogP contribution in [0.2, 0.25) is 0 Å². The summed E-state index contributed by atoms with van der Waals surface area (Å²) in [6.07, 6.45) is 8.15. The van der Waals surface area contributed by atoms with Gasteiger partial charge in [-0.05, 0) is 13.0 Å². The maximum absolute atomic E-state index is 11.1. The summed E-state index contributed by atoms with van der Waals surface area (Å²) >= 11 is 0. The molecule has 0 heterocycles. The fourth-order valence-electron chi connectivity index (χ4n) is 0.906. The highest BCUT2D eigenvalue weighted by atomic mass is 16.5. The van der Waals surface area contributed by atoms with Crippen LogP contribution in [-0.4, -0.2) is 19.2 Å². The normalized spacial score (nSPS) is 11.9. The minimum absolute atomic E-state index is 0.210. The van der Waals surface area contributed by atoms with Crippen molar-refractivity contribution in [2.75, 3.05) is 13.2 Å². The summed E-state index contributed by atoms with van der Waals surface area (Å²) < 4.78 is 10.1. The topological polar surface area (TPSA) is 35.5 Å². The fourth-order valence-corrected chi connectivity index (χ4v) is 0.906. The third kappa shape index (κ3) is 7.85. The van der Waals surface area contributed by atoms with Gasteiger partial charge in [0.05, 0.1) is 19.5 Å². The Labute approximate surface area is 97.4 Å². The van der Waals surface area contributed by atoms with Crippen molar-refractivity contribution in [2.45, 2.75) is 20.8 Å². The molecule has 0 aliphatic carbocycles. The molecule has 0 rings (SSSR count). The Kier molecular flexibility index (Phi) is 7.01. The monoisotopic (exact) mass is 224 g/mol. The van der Waals surface area contributed by atoms with Crippen molar-refractivity contribution in [3.05, 3.63) is 37.1 Å². The molecule has 3 nitrogen and oxygen atoms in total. The van der Waals surface area contributed by atoms with Crippen LogP contribution >= 0.6 is 0 Å². The molecular weight excluding hydrogens is 204 g/mol. The number of carbonyl (C=O) groups is 1. The predicted molar refractivity (Wildman–Crippen MR) is 64.8 cm³/mol. The Morgan fingerprint density at radius 1 is 1.44 bits per heavy atom. The molecule has 0 saturated carbocycles. The van der Waals surface area contributed by atoms with Crippen molar-refractivity contribution in [3.8, 4) is 0 Å². The number of carbonyl (C=O) groups excluding carboxylic acids is 1. The second kappa shape index (κ2) is 7.74. The van der Waals surface area contributed by atoms with Crippen molar-refractivity contribution in [2.24, 2.45) is 5.41 Å². The van der Waals surface area contributed by atoms with Crippen LogP contribution in [-0.2, 0) is 14.3 Å². The molecule has 16 heavy (non-hydrogen) atoms. The molecule has 0 saturated heterocycles. The minimum Gasteiger partial charge on any atom is -0.500 e. The Bertz CT molecular complexity index is 275. The van der Waals surface area contributed by atoms with Crippen LogP contribution < -0.4 is 0 Å². The zero-order chi connectivity index (χ0) is 12.4. The first-order valence-corrected chi connectivity index (χ1v) is 5.27. The third-order valence-electron chi connectivity index (χ3n) is 1.72. The van der Waals surface area contributed by atoms with E-state index < -0.39 is 0 Å². The average molecular weight is 224 g/mol. The number of hydrogen-bond acceptors (Lipinski definition) is 3. The van der Waals surface area contributed by atoms with Gasteiger partial charge in [0.2, 0.25) is 0 Å². The first kappa shape index (κ1) is 14.5. The van der Waals surface area contributed by atoms with E-state index in [1.54, 1.807) is 31.4 Å². The molecule has 0 spiro atoms. The number of ether oxygens (including phenoxy) is 2. The van der Waals surface area contributed by atoms with E-state index in [0.717, 1.165) is 0 Å². The van der Waals surface area contributed by atoms with Gasteiger partial charge in [0.1, 0.15) is 0 Å². The van der Waals surface area contributed by atoms with Crippen molar-refractivity contribution < 1.29 is 14.3 Å². The first-order chi connectivity index (χ1) is 7.52. The van der Waals surface area contributed by atoms with E-state index in [4.69, 9.17) is 9.47 Å². The Morgan fingerprint density at radius 2 is 2.12 bits per heavy atom. The zero-order valence-corrected chi connectivity index (χ0v) is 10.2. The number of esters is 1. The third-order valence-corrected chi connectivity index (χ3v) is 1.72. The molecule has 0 aliphatic rings. The van der Waals surface area contributed by atoms with Gasteiger partial charge in [-0.2, -0.15) is 0 Å². The highest BCUT2D eigenvalue weighted by Crippen LogP contribution is 2.17. The largest absolute Gasteiger partial charge is 0.500 e. The van der Waals surface area contributed by atoms with Gasteiger partial charge in [0.25, 0.3) is 0 Å². The van der Waals surface area contributed by atoms with Crippen LogP contribution in [0, 0.1) is 5.41 Å². The predicted octanol–water partition coefficient (Wildman–Crippen LogP) is 2.85. The lowest BCUT2D eigenvalue weighted by molar-refractivity contribution is -0.137. The molecule has 0 amide bonds. The van der Waals surface area contributed by atoms with E-state index in [1.807, 2.05) is 13.8 Å². The van der Waals surface area contributed by atoms with Gasteiger partial charge in [0, 0.05) is 11.5 Å². The minimum atomic E-state index is -0.322. The number of allylic oxidation sites excluding steroid dienone is 2. The second-order valence-corrected chi connectivity index (χ2v) is 3.95. The van der Waals surface area contributed by atoms with E-state index >= 15 is 0 Å². The van der Waals surface area contributed by atoms with Crippen LogP contribution in [0.25, 0.3) is 0 Å². The van der Waals surface area contributed by atoms with Crippen LogP contribution in [0.3, 0.4) is 0 Å². The van der Waals surface area contributed by atoms with E-state index in [0.29, 0.717) is 13.2 Å². The molecule has 0 aromatic heterocycles. The standard InChI is InChI=1S/C13H20O3/c1-5-7-10-15-11-13(3,4)9-8-12(14)16-6-2/h5,7-10H,1,6,11H2,2-4H3/b9-8+,10-7+. The Morgan fingerprint density at radius 3 is 2.69 bits per heavy atom. The summed E-state index contributed by atoms with van der Waals surface area (Å²) in [5, 5.41) is 0. The van der Waals surface area contributed by atoms with Crippen molar-refractivity contribution in [1.82, 2.24) is 0 Å². The van der Waals surface area contributed by atoms with E-state index in [2.05, 4.69) is 6.58 Å². The van der Waals surface area contributed by atoms with Crippen molar-refractivity contribution >= 4 is 5.97 Å². The van der Waals surface area contributed by atoms with E-state index in [1.165, 1.54) is 6.08 Å². The maximum atomic E-state index is 11.1. The molecule has 0 atom stereocenters. The lowest BCUT2D eigenvalue weighted by Crippen LogP contribution is -2.15. The molecule has 0 aliphatic heterocycles. The van der Waals surface area contributed by atoms with Gasteiger partial charge >= 0.3 is 5.97 Å². The molecule has 90 valence electrons. The summed E-state index contributed by atoms with van der Waals surface area (Å²) in [5.74, 6) is -0.322. The second-order valence-electron chi connectivity index (χ2n) is 3.95. The number of rotatable bonds is 7. The average Bonchev–Trinajstić information content (AvgIpc) is 2.22. The Balaban J connectivity index is 4.07. The van der Waals surface area contributed by atoms with Gasteiger partial charge in [-0.25, -0.2) is 4.79 Å². The van der Waals surface area contributed by atoms with Crippen molar-refractivity contribution in [3.63, 3.8) is 0 Å². The molecule has 0 bridgehead atoms. The molecule has 0 fully saturated rings. The number of hydrogen-bond donors (Lipinski definition) is 0. The summed E-state index contributed by atoms with van der Waals surface area (Å²) in [6.45, 7) is 10.1. The molecule has 0 radical (unpaired) electrons. The lowest BCUT2D eigenvalue weighted by Gasteiger charge is -2.18. The summed E-state index contributed by atoms with van der Waals surface area (Å²) in [5.41, 5.74) is -0.210. The molecule has 0 unspecified atom stereocenters. The van der Waals surface area contributed by atoms with Gasteiger partial charge in [0.15, 0.2) is 0 Å². The zero-order valence-electron chi connectivity index (χ0n) is 10.2. The molecule has 3 heteroatoms. The van der Waals surface area contributed by atoms with Gasteiger partial charge in [-0.15, -0.1) is 0 Å². The van der Waals surface area contributed by atoms with Gasteiger partial charge in [-0.3, -0.25) is 0 Å². The SMILES string of the molecule is C=C/C=C/OCC(C)(C)/C=C/C(=O)OCC. The van der Waals surface area contributed by atoms with E-state index in [9.17, 15) is 4.79 Å². The molecule has 0 N–H and O–H groups in total. The van der Waals surface area contributed by atoms with Crippen LogP contribution in [0.1, 0.15) is 20.8 Å². The van der Waals surface area contributed by atoms with E-state index in [-0.39, 0.29) is 11.4 Å². The molecule has 0 aromatic carbocycles. The maximum Gasteiger partial charge on any atom is 0.330 e. The lowest BCUT2D eigenvalue weighted by atomic mass is 9.94. The fraction of sp³-hybridized carbons (Fsp3) is 0.462. The van der Waals surface area contributed by atoms with Gasteiger partial charge in [-0.1, -0.05) is 32.6 Å². The summed E-state index contributed by atoms with van der Waals surface area (Å²) in [4.78, 5) is 11.1. The summed E-state index contributed by atoms with van der Waals surface area (Å²) in [6, 6.07) is 0. The highest BCUT2D eigenvalue weighted by molar-refractivity contribution is 5.81. The van der Waals surface area contributed by atoms with Crippen molar-refractivity contribution in [1.29, 1.82) is 0 Å². The van der Waals surface area contributed by atoms with Gasteiger partial charge < -0.3 is 9.47 Å². The van der Waals surface area contributed by atoms with Crippen LogP contribution in [0.15, 0.2) is 37.1 Å². The first-order valence-electron chi connectivity index (χ1n) is 5.27. The quantitative estimate of drug-likeness (QED) is 0.289. The van der Waals surface area contributed by atoms with Crippen LogP contribution in [0.4, 0.5) is 0 Å². The summed E-state index contributed by atoms with van der Waals surface area (Å²) in [7, 11) is 0. The molecule has 0 aromatic rings. The molecular formula is C13H20O3. The van der Waals surface area contributed by atoms with Crippen LogP contribution in [0.5, 0.6) is 0 Å². The highest BCUT2D eigenvalue weighted by Gasteiger charge is 2.14. The Hall–Kier alpha value is -1.51. The smallest absolute Gasteiger partial charge is 0.330 e.